The Kier molecular flexibility index (Phi) is 5.47. The summed E-state index contributed by atoms with van der Waals surface area (Å²) in [5.74, 6) is -0.472. The summed E-state index contributed by atoms with van der Waals surface area (Å²) in [6.07, 6.45) is 0. The van der Waals surface area contributed by atoms with Gasteiger partial charge >= 0.3 is 0 Å². The predicted octanol–water partition coefficient (Wildman–Crippen LogP) is 3.47. The lowest BCUT2D eigenvalue weighted by atomic mass is 10.2. The van der Waals surface area contributed by atoms with E-state index < -0.39 is 5.82 Å². The maximum atomic E-state index is 13.6. The minimum atomic E-state index is -0.418. The number of nitrogen functional groups attached to an aromatic ring is 1. The van der Waals surface area contributed by atoms with Crippen molar-refractivity contribution < 1.29 is 9.18 Å². The van der Waals surface area contributed by atoms with Crippen molar-refractivity contribution in [1.82, 2.24) is 5.32 Å². The first-order valence-corrected chi connectivity index (χ1v) is 7.60. The van der Waals surface area contributed by atoms with Crippen molar-refractivity contribution in [3.05, 3.63) is 58.9 Å². The molecule has 0 radical (unpaired) electrons. The molecule has 3 N–H and O–H groups in total. The fourth-order valence-corrected chi connectivity index (χ4v) is 2.62. The fourth-order valence-electron chi connectivity index (χ4n) is 1.66. The molecule has 0 aromatic heterocycles. The van der Waals surface area contributed by atoms with Crippen LogP contribution in [0.5, 0.6) is 0 Å². The smallest absolute Gasteiger partial charge is 0.230 e. The second-order valence-corrected chi connectivity index (χ2v) is 5.77. The molecule has 2 aromatic rings. The van der Waals surface area contributed by atoms with E-state index in [2.05, 4.69) is 5.32 Å². The van der Waals surface area contributed by atoms with Crippen molar-refractivity contribution in [3.63, 3.8) is 0 Å². The first-order valence-electron chi connectivity index (χ1n) is 6.24. The molecule has 21 heavy (non-hydrogen) atoms. The standard InChI is InChI=1S/C15H14ClFN2OS/c16-12-4-2-1-3-10(12)8-19-15(20)9-21-14-6-5-11(18)7-13(14)17/h1-7H,8-9,18H2,(H,19,20). The molecule has 0 saturated heterocycles. The van der Waals surface area contributed by atoms with Crippen LogP contribution in [0.2, 0.25) is 5.02 Å². The number of nitrogens with one attached hydrogen (secondary N) is 1. The zero-order valence-corrected chi connectivity index (χ0v) is 12.7. The van der Waals surface area contributed by atoms with Crippen molar-refractivity contribution in [3.8, 4) is 0 Å². The molecular weight excluding hydrogens is 311 g/mol. The van der Waals surface area contributed by atoms with Gasteiger partial charge in [-0.2, -0.15) is 0 Å². The van der Waals surface area contributed by atoms with E-state index in [4.69, 9.17) is 17.3 Å². The van der Waals surface area contributed by atoms with Crippen molar-refractivity contribution in [1.29, 1.82) is 0 Å². The molecule has 3 nitrogen and oxygen atoms in total. The average Bonchev–Trinajstić information content (AvgIpc) is 2.45. The number of rotatable bonds is 5. The van der Waals surface area contributed by atoms with Gasteiger partial charge in [-0.05, 0) is 29.8 Å². The molecule has 2 rings (SSSR count). The molecule has 0 aliphatic carbocycles. The van der Waals surface area contributed by atoms with Gasteiger partial charge in [0.05, 0.1) is 5.75 Å². The lowest BCUT2D eigenvalue weighted by Crippen LogP contribution is -2.24. The van der Waals surface area contributed by atoms with Crippen molar-refractivity contribution in [2.75, 3.05) is 11.5 Å². The number of nitrogens with two attached hydrogens (primary N) is 1. The van der Waals surface area contributed by atoms with Gasteiger partial charge in [-0.3, -0.25) is 4.79 Å². The van der Waals surface area contributed by atoms with Gasteiger partial charge in [-0.1, -0.05) is 29.8 Å². The van der Waals surface area contributed by atoms with Crippen molar-refractivity contribution >= 4 is 35.0 Å². The van der Waals surface area contributed by atoms with Crippen LogP contribution >= 0.6 is 23.4 Å². The lowest BCUT2D eigenvalue weighted by molar-refractivity contribution is -0.118. The summed E-state index contributed by atoms with van der Waals surface area (Å²) < 4.78 is 13.6. The molecule has 0 saturated carbocycles. The minimum Gasteiger partial charge on any atom is -0.399 e. The first kappa shape index (κ1) is 15.7. The molecule has 0 atom stereocenters. The van der Waals surface area contributed by atoms with Gasteiger partial charge in [0.25, 0.3) is 0 Å². The number of thioether (sulfide) groups is 1. The van der Waals surface area contributed by atoms with Crippen LogP contribution in [0.25, 0.3) is 0 Å². The summed E-state index contributed by atoms with van der Waals surface area (Å²) in [6, 6.07) is 11.7. The van der Waals surface area contributed by atoms with E-state index in [1.54, 1.807) is 18.2 Å². The normalized spacial score (nSPS) is 10.4. The van der Waals surface area contributed by atoms with Crippen LogP contribution < -0.4 is 11.1 Å². The van der Waals surface area contributed by atoms with Crippen molar-refractivity contribution in [2.45, 2.75) is 11.4 Å². The van der Waals surface area contributed by atoms with Crippen LogP contribution in [0.4, 0.5) is 10.1 Å². The highest BCUT2D eigenvalue weighted by Gasteiger charge is 2.08. The topological polar surface area (TPSA) is 55.1 Å². The number of carbonyl (C=O) groups is 1. The average molecular weight is 325 g/mol. The Labute approximate surface area is 131 Å². The third kappa shape index (κ3) is 4.65. The van der Waals surface area contributed by atoms with E-state index in [9.17, 15) is 9.18 Å². The van der Waals surface area contributed by atoms with Gasteiger partial charge in [0.2, 0.25) is 5.91 Å². The van der Waals surface area contributed by atoms with Gasteiger partial charge in [-0.25, -0.2) is 4.39 Å². The number of anilines is 1. The van der Waals surface area contributed by atoms with Gasteiger partial charge < -0.3 is 11.1 Å². The third-order valence-electron chi connectivity index (χ3n) is 2.75. The van der Waals surface area contributed by atoms with E-state index in [1.165, 1.54) is 6.07 Å². The molecular formula is C15H14ClFN2OS. The quantitative estimate of drug-likeness (QED) is 0.654. The summed E-state index contributed by atoms with van der Waals surface area (Å²) >= 11 is 7.13. The Morgan fingerprint density at radius 1 is 1.29 bits per heavy atom. The highest BCUT2D eigenvalue weighted by molar-refractivity contribution is 8.00. The van der Waals surface area contributed by atoms with Crippen LogP contribution in [0.15, 0.2) is 47.4 Å². The molecule has 110 valence electrons. The SMILES string of the molecule is Nc1ccc(SCC(=O)NCc2ccccc2Cl)c(F)c1. The molecule has 1 amide bonds. The second kappa shape index (κ2) is 7.33. The highest BCUT2D eigenvalue weighted by atomic mass is 35.5. The first-order chi connectivity index (χ1) is 10.1. The van der Waals surface area contributed by atoms with Gasteiger partial charge in [0.1, 0.15) is 5.82 Å². The Morgan fingerprint density at radius 3 is 2.76 bits per heavy atom. The summed E-state index contributed by atoms with van der Waals surface area (Å²) in [5.41, 5.74) is 6.67. The van der Waals surface area contributed by atoms with Crippen LogP contribution in [-0.2, 0) is 11.3 Å². The van der Waals surface area contributed by atoms with Gasteiger partial charge in [0.15, 0.2) is 0 Å². The highest BCUT2D eigenvalue weighted by Crippen LogP contribution is 2.23. The zero-order valence-electron chi connectivity index (χ0n) is 11.1. The molecule has 0 heterocycles. The number of hydrogen-bond donors (Lipinski definition) is 2. The predicted molar refractivity (Wildman–Crippen MR) is 84.8 cm³/mol. The molecule has 0 unspecified atom stereocenters. The van der Waals surface area contributed by atoms with Crippen LogP contribution in [0.1, 0.15) is 5.56 Å². The Morgan fingerprint density at radius 2 is 2.05 bits per heavy atom. The molecule has 0 aliphatic rings. The number of amides is 1. The van der Waals surface area contributed by atoms with Crippen LogP contribution in [0.3, 0.4) is 0 Å². The monoisotopic (exact) mass is 324 g/mol. The summed E-state index contributed by atoms with van der Waals surface area (Å²) in [6.45, 7) is 0.350. The maximum Gasteiger partial charge on any atom is 0.230 e. The lowest BCUT2D eigenvalue weighted by Gasteiger charge is -2.07. The number of halogens is 2. The molecule has 2 aromatic carbocycles. The Bertz CT molecular complexity index is 651. The van der Waals surface area contributed by atoms with Gasteiger partial charge in [0, 0.05) is 22.2 Å². The summed E-state index contributed by atoms with van der Waals surface area (Å²) in [7, 11) is 0. The van der Waals surface area contributed by atoms with E-state index in [0.717, 1.165) is 17.3 Å². The number of benzene rings is 2. The summed E-state index contributed by atoms with van der Waals surface area (Å²) in [4.78, 5) is 12.2. The van der Waals surface area contributed by atoms with Gasteiger partial charge in [-0.15, -0.1) is 11.8 Å². The Hall–Kier alpha value is -1.72. The van der Waals surface area contributed by atoms with Crippen molar-refractivity contribution in [2.24, 2.45) is 0 Å². The van der Waals surface area contributed by atoms with Crippen LogP contribution in [-0.4, -0.2) is 11.7 Å². The van der Waals surface area contributed by atoms with E-state index in [1.807, 2.05) is 18.2 Å². The molecule has 6 heteroatoms. The second-order valence-electron chi connectivity index (χ2n) is 4.35. The van der Waals surface area contributed by atoms with E-state index in [-0.39, 0.29) is 11.7 Å². The largest absolute Gasteiger partial charge is 0.399 e. The molecule has 0 aliphatic heterocycles. The van der Waals surface area contributed by atoms with E-state index in [0.29, 0.717) is 22.2 Å². The summed E-state index contributed by atoms with van der Waals surface area (Å²) in [5, 5.41) is 3.36. The number of hydrogen-bond acceptors (Lipinski definition) is 3. The zero-order chi connectivity index (χ0) is 15.2. The molecule has 0 bridgehead atoms. The maximum absolute atomic E-state index is 13.6. The Balaban J connectivity index is 1.84. The fraction of sp³-hybridized carbons (Fsp3) is 0.133. The number of carbonyl (C=O) groups excluding carboxylic acids is 1. The molecule has 0 fully saturated rings. The molecule has 0 spiro atoms. The van der Waals surface area contributed by atoms with E-state index >= 15 is 0 Å². The minimum absolute atomic E-state index is 0.130. The third-order valence-corrected chi connectivity index (χ3v) is 4.17. The van der Waals surface area contributed by atoms with Crippen LogP contribution in [0, 0.1) is 5.82 Å².